The summed E-state index contributed by atoms with van der Waals surface area (Å²) in [6, 6.07) is 0. The number of carbonyl (C=O) groups excluding carboxylic acids is 2. The Balaban J connectivity index is 1.89. The summed E-state index contributed by atoms with van der Waals surface area (Å²) in [5, 5.41) is 0. The number of carbonyl (C=O) groups is 2. The van der Waals surface area contributed by atoms with Gasteiger partial charge in [0.2, 0.25) is 0 Å². The number of nitrogens with two attached hydrogens (primary N) is 2. The van der Waals surface area contributed by atoms with Gasteiger partial charge >= 0.3 is 12.2 Å². The second-order valence-electron chi connectivity index (χ2n) is 14.5. The van der Waals surface area contributed by atoms with E-state index in [1.807, 2.05) is 0 Å². The molecule has 0 saturated heterocycles. The highest BCUT2D eigenvalue weighted by Crippen LogP contribution is 2.55. The first-order valence-corrected chi connectivity index (χ1v) is 19.3. The molecule has 4 N–H and O–H groups in total. The molecule has 0 heterocycles. The Kier molecular flexibility index (Phi) is 21.8. The van der Waals surface area contributed by atoms with Crippen molar-refractivity contribution in [2.24, 2.45) is 47.0 Å². The highest BCUT2D eigenvalue weighted by molar-refractivity contribution is 5.64. The highest BCUT2D eigenvalue weighted by atomic mass is 16.5. The largest absolute Gasteiger partial charge is 0.450 e. The Hall–Kier alpha value is -1.46. The van der Waals surface area contributed by atoms with Crippen LogP contribution in [0.15, 0.2) is 0 Å². The summed E-state index contributed by atoms with van der Waals surface area (Å²) in [5.41, 5.74) is 10.1. The lowest BCUT2D eigenvalue weighted by Gasteiger charge is -2.52. The van der Waals surface area contributed by atoms with Crippen molar-refractivity contribution in [2.75, 3.05) is 13.2 Å². The maximum atomic E-state index is 10.8. The Morgan fingerprint density at radius 3 is 1.23 bits per heavy atom. The van der Waals surface area contributed by atoms with Crippen molar-refractivity contribution < 1.29 is 19.1 Å². The number of hydrogen-bond acceptors (Lipinski definition) is 4. The van der Waals surface area contributed by atoms with Crippen molar-refractivity contribution in [1.29, 1.82) is 0 Å². The third-order valence-electron chi connectivity index (χ3n) is 11.3. The van der Waals surface area contributed by atoms with Gasteiger partial charge in [-0.05, 0) is 86.9 Å². The van der Waals surface area contributed by atoms with Crippen LogP contribution in [-0.4, -0.2) is 25.4 Å². The van der Waals surface area contributed by atoms with E-state index in [4.69, 9.17) is 20.9 Å². The lowest BCUT2D eigenvalue weighted by Crippen LogP contribution is -2.44. The van der Waals surface area contributed by atoms with Crippen molar-refractivity contribution in [1.82, 2.24) is 0 Å². The van der Waals surface area contributed by atoms with Gasteiger partial charge in [0.25, 0.3) is 0 Å². The van der Waals surface area contributed by atoms with Gasteiger partial charge in [0.15, 0.2) is 0 Å². The van der Waals surface area contributed by atoms with Gasteiger partial charge in [0, 0.05) is 0 Å². The smallest absolute Gasteiger partial charge is 0.404 e. The molecule has 6 unspecified atom stereocenters. The third-order valence-corrected chi connectivity index (χ3v) is 11.3. The Labute approximate surface area is 271 Å². The monoisotopic (exact) mass is 621 g/mol. The first-order chi connectivity index (χ1) is 21.5. The highest BCUT2D eigenvalue weighted by Gasteiger charge is 2.46. The Morgan fingerprint density at radius 2 is 0.818 bits per heavy atom. The van der Waals surface area contributed by atoms with Gasteiger partial charge in [-0.15, -0.1) is 0 Å². The molecule has 2 fully saturated rings. The lowest BCUT2D eigenvalue weighted by molar-refractivity contribution is -0.0252. The zero-order valence-corrected chi connectivity index (χ0v) is 29.1. The number of fused-ring (bicyclic) bond motifs is 1. The van der Waals surface area contributed by atoms with E-state index in [1.54, 1.807) is 0 Å². The minimum absolute atomic E-state index is 0.463. The van der Waals surface area contributed by atoms with Gasteiger partial charge in [-0.3, -0.25) is 0 Å². The predicted octanol–water partition coefficient (Wildman–Crippen LogP) is 11.1. The molecule has 6 heteroatoms. The molecule has 258 valence electrons. The molecule has 0 aromatic carbocycles. The SMILES string of the molecule is CCCCCC1CCC2C(CCCCCCCCOC(N)=O)C(CCCCCCCCOC(N)=O)CCC2C1CCCCC. The second kappa shape index (κ2) is 24.7. The van der Waals surface area contributed by atoms with E-state index < -0.39 is 12.2 Å². The van der Waals surface area contributed by atoms with Crippen molar-refractivity contribution in [3.05, 3.63) is 0 Å². The van der Waals surface area contributed by atoms with E-state index in [0.717, 1.165) is 61.2 Å². The summed E-state index contributed by atoms with van der Waals surface area (Å²) in [6.07, 6.45) is 33.5. The van der Waals surface area contributed by atoms with Crippen LogP contribution in [0.5, 0.6) is 0 Å². The van der Waals surface area contributed by atoms with E-state index in [9.17, 15) is 9.59 Å². The molecule has 0 aromatic rings. The molecule has 0 bridgehead atoms. The van der Waals surface area contributed by atoms with Crippen LogP contribution in [0.2, 0.25) is 0 Å². The Bertz CT molecular complexity index is 732. The molecule has 44 heavy (non-hydrogen) atoms. The van der Waals surface area contributed by atoms with Crippen LogP contribution in [-0.2, 0) is 9.47 Å². The van der Waals surface area contributed by atoms with Gasteiger partial charge in [0.05, 0.1) is 13.2 Å². The van der Waals surface area contributed by atoms with Crippen molar-refractivity contribution in [3.63, 3.8) is 0 Å². The Morgan fingerprint density at radius 1 is 0.477 bits per heavy atom. The standard InChI is InChI=1S/C38H72N2O4/c1-3-5-15-21-31-25-27-36-34(24-18-12-8-10-14-20-30-44-38(40)42)32(26-28-35(36)33(31)23-16-6-4-2)22-17-11-7-9-13-19-29-43-37(39)41/h31-36H,3-30H2,1-2H3,(H2,39,41)(H2,40,42). The zero-order chi connectivity index (χ0) is 31.8. The van der Waals surface area contributed by atoms with Gasteiger partial charge in [0.1, 0.15) is 0 Å². The molecule has 2 rings (SSSR count). The second-order valence-corrected chi connectivity index (χ2v) is 14.5. The number of unbranched alkanes of at least 4 members (excludes halogenated alkanes) is 14. The molecule has 6 nitrogen and oxygen atoms in total. The fourth-order valence-corrected chi connectivity index (χ4v) is 9.09. The number of primary amides is 2. The summed E-state index contributed by atoms with van der Waals surface area (Å²) in [5.74, 6) is 5.80. The maximum absolute atomic E-state index is 10.8. The quantitative estimate of drug-likeness (QED) is 0.0938. The number of rotatable bonds is 26. The summed E-state index contributed by atoms with van der Waals surface area (Å²) >= 11 is 0. The number of hydrogen-bond donors (Lipinski definition) is 2. The van der Waals surface area contributed by atoms with Gasteiger partial charge in [-0.1, -0.05) is 129 Å². The van der Waals surface area contributed by atoms with Crippen LogP contribution in [0, 0.1) is 35.5 Å². The topological polar surface area (TPSA) is 105 Å². The molecular formula is C38H72N2O4. The average Bonchev–Trinajstić information content (AvgIpc) is 3.00. The number of amides is 2. The lowest BCUT2D eigenvalue weighted by atomic mass is 9.53. The zero-order valence-electron chi connectivity index (χ0n) is 29.1. The van der Waals surface area contributed by atoms with Crippen LogP contribution >= 0.6 is 0 Å². The van der Waals surface area contributed by atoms with Crippen LogP contribution < -0.4 is 11.5 Å². The van der Waals surface area contributed by atoms with E-state index in [-0.39, 0.29) is 0 Å². The molecule has 2 aliphatic carbocycles. The van der Waals surface area contributed by atoms with E-state index >= 15 is 0 Å². The average molecular weight is 621 g/mol. The fraction of sp³-hybridized carbons (Fsp3) is 0.947. The molecule has 0 spiro atoms. The molecule has 2 aliphatic rings. The van der Waals surface area contributed by atoms with E-state index in [2.05, 4.69) is 13.8 Å². The van der Waals surface area contributed by atoms with Crippen LogP contribution in [0.25, 0.3) is 0 Å². The van der Waals surface area contributed by atoms with Gasteiger partial charge in [-0.25, -0.2) is 9.59 Å². The normalized spacial score (nSPS) is 25.0. The molecule has 2 amide bonds. The summed E-state index contributed by atoms with van der Waals surface area (Å²) in [4.78, 5) is 21.5. The number of ether oxygens (including phenoxy) is 2. The minimum Gasteiger partial charge on any atom is -0.450 e. The first kappa shape index (κ1) is 38.7. The molecule has 0 radical (unpaired) electrons. The summed E-state index contributed by atoms with van der Waals surface area (Å²) in [6.45, 7) is 5.63. The molecular weight excluding hydrogens is 548 g/mol. The van der Waals surface area contributed by atoms with Crippen LogP contribution in [0.4, 0.5) is 9.59 Å². The molecule has 0 aromatic heterocycles. The third kappa shape index (κ3) is 16.2. The van der Waals surface area contributed by atoms with Crippen molar-refractivity contribution in [3.8, 4) is 0 Å². The molecule has 6 atom stereocenters. The molecule has 0 aliphatic heterocycles. The van der Waals surface area contributed by atoms with Crippen LogP contribution in [0.1, 0.15) is 181 Å². The predicted molar refractivity (Wildman–Crippen MR) is 183 cm³/mol. The van der Waals surface area contributed by atoms with Gasteiger partial charge in [-0.2, -0.15) is 0 Å². The minimum atomic E-state index is -0.654. The summed E-state index contributed by atoms with van der Waals surface area (Å²) < 4.78 is 9.75. The fourth-order valence-electron chi connectivity index (χ4n) is 9.09. The van der Waals surface area contributed by atoms with E-state index in [0.29, 0.717) is 13.2 Å². The van der Waals surface area contributed by atoms with Gasteiger partial charge < -0.3 is 20.9 Å². The van der Waals surface area contributed by atoms with Crippen molar-refractivity contribution in [2.45, 2.75) is 181 Å². The summed E-state index contributed by atoms with van der Waals surface area (Å²) in [7, 11) is 0. The molecule has 2 saturated carbocycles. The van der Waals surface area contributed by atoms with E-state index in [1.165, 1.54) is 141 Å². The first-order valence-electron chi connectivity index (χ1n) is 19.3. The van der Waals surface area contributed by atoms with Crippen molar-refractivity contribution >= 4 is 12.2 Å². The van der Waals surface area contributed by atoms with Crippen LogP contribution in [0.3, 0.4) is 0 Å². The maximum Gasteiger partial charge on any atom is 0.404 e.